The Labute approximate surface area is 139 Å². The molecular weight excluding hydrogens is 334 g/mol. The van der Waals surface area contributed by atoms with E-state index in [9.17, 15) is 13.2 Å². The van der Waals surface area contributed by atoms with Crippen LogP contribution in [0.3, 0.4) is 0 Å². The van der Waals surface area contributed by atoms with Crippen LogP contribution in [0, 0.1) is 0 Å². The molecule has 1 aliphatic rings. The van der Waals surface area contributed by atoms with Crippen molar-refractivity contribution in [2.75, 3.05) is 19.3 Å². The highest BCUT2D eigenvalue weighted by atomic mass is 32.2. The van der Waals surface area contributed by atoms with Gasteiger partial charge in [0, 0.05) is 6.26 Å². The number of sulfone groups is 1. The second kappa shape index (κ2) is 6.18. The number of rotatable bonds is 4. The van der Waals surface area contributed by atoms with E-state index in [1.54, 1.807) is 0 Å². The van der Waals surface area contributed by atoms with Gasteiger partial charge in [-0.3, -0.25) is 4.79 Å². The third-order valence-electron chi connectivity index (χ3n) is 4.27. The zero-order valence-corrected chi connectivity index (χ0v) is 14.5. The van der Waals surface area contributed by atoms with Gasteiger partial charge >= 0.3 is 0 Å². The summed E-state index contributed by atoms with van der Waals surface area (Å²) < 4.78 is 24.1. The topological polar surface area (TPSA) is 88.2 Å². The van der Waals surface area contributed by atoms with Crippen molar-refractivity contribution in [1.29, 1.82) is 0 Å². The third-order valence-corrected chi connectivity index (χ3v) is 7.32. The molecule has 0 bridgehead atoms. The van der Waals surface area contributed by atoms with Crippen LogP contribution in [-0.2, 0) is 21.2 Å². The SMILES string of the molecule is CS(=O)(=O)C1(C(=O)NCc2nc3ccccc3s2)CCNCC1. The van der Waals surface area contributed by atoms with E-state index in [4.69, 9.17) is 0 Å². The number of nitrogens with one attached hydrogen (secondary N) is 2. The van der Waals surface area contributed by atoms with E-state index in [0.29, 0.717) is 25.9 Å². The highest BCUT2D eigenvalue weighted by molar-refractivity contribution is 7.92. The van der Waals surface area contributed by atoms with Gasteiger partial charge in [-0.25, -0.2) is 13.4 Å². The smallest absolute Gasteiger partial charge is 0.241 e. The summed E-state index contributed by atoms with van der Waals surface area (Å²) in [4.78, 5) is 17.1. The number of carbonyl (C=O) groups excluding carboxylic acids is 1. The molecule has 23 heavy (non-hydrogen) atoms. The van der Waals surface area contributed by atoms with Crippen molar-refractivity contribution in [3.05, 3.63) is 29.3 Å². The highest BCUT2D eigenvalue weighted by Gasteiger charge is 2.48. The lowest BCUT2D eigenvalue weighted by Gasteiger charge is -2.34. The van der Waals surface area contributed by atoms with Crippen LogP contribution in [0.25, 0.3) is 10.2 Å². The van der Waals surface area contributed by atoms with Gasteiger partial charge in [0.05, 0.1) is 16.8 Å². The predicted octanol–water partition coefficient (Wildman–Crippen LogP) is 1.08. The molecule has 1 aliphatic heterocycles. The van der Waals surface area contributed by atoms with E-state index in [1.165, 1.54) is 11.3 Å². The van der Waals surface area contributed by atoms with Gasteiger partial charge in [0.2, 0.25) is 5.91 Å². The molecule has 1 aromatic carbocycles. The maximum Gasteiger partial charge on any atom is 0.241 e. The normalized spacial score (nSPS) is 18.0. The first-order valence-electron chi connectivity index (χ1n) is 7.45. The minimum absolute atomic E-state index is 0.253. The first-order chi connectivity index (χ1) is 10.9. The standard InChI is InChI=1S/C15H19N3O3S2/c1-23(20,21)15(6-8-16-9-7-15)14(19)17-10-13-18-11-4-2-3-5-12(11)22-13/h2-5,16H,6-10H2,1H3,(H,17,19). The summed E-state index contributed by atoms with van der Waals surface area (Å²) in [6.45, 7) is 1.31. The van der Waals surface area contributed by atoms with E-state index in [-0.39, 0.29) is 6.54 Å². The van der Waals surface area contributed by atoms with Crippen molar-refractivity contribution in [1.82, 2.24) is 15.6 Å². The molecule has 0 saturated carbocycles. The summed E-state index contributed by atoms with van der Waals surface area (Å²) in [5.41, 5.74) is 0.890. The highest BCUT2D eigenvalue weighted by Crippen LogP contribution is 2.28. The first-order valence-corrected chi connectivity index (χ1v) is 10.2. The summed E-state index contributed by atoms with van der Waals surface area (Å²) in [5.74, 6) is -0.416. The predicted molar refractivity (Wildman–Crippen MR) is 91.1 cm³/mol. The number of hydrogen-bond acceptors (Lipinski definition) is 6. The number of hydrogen-bond donors (Lipinski definition) is 2. The quantitative estimate of drug-likeness (QED) is 0.859. The number of nitrogens with zero attached hydrogens (tertiary/aromatic N) is 1. The van der Waals surface area contributed by atoms with Crippen molar-refractivity contribution in [3.8, 4) is 0 Å². The third kappa shape index (κ3) is 3.11. The van der Waals surface area contributed by atoms with Gasteiger partial charge in [0.25, 0.3) is 0 Å². The Balaban J connectivity index is 1.77. The molecule has 0 aliphatic carbocycles. The number of benzene rings is 1. The second-order valence-corrected chi connectivity index (χ2v) is 9.22. The molecule has 1 aromatic heterocycles. The number of piperidine rings is 1. The van der Waals surface area contributed by atoms with Gasteiger partial charge in [-0.05, 0) is 38.1 Å². The molecule has 2 heterocycles. The van der Waals surface area contributed by atoms with Crippen LogP contribution in [0.15, 0.2) is 24.3 Å². The summed E-state index contributed by atoms with van der Waals surface area (Å²) in [6, 6.07) is 7.75. The van der Waals surface area contributed by atoms with E-state index in [1.807, 2.05) is 24.3 Å². The largest absolute Gasteiger partial charge is 0.348 e. The second-order valence-electron chi connectivity index (χ2n) is 5.77. The molecule has 1 saturated heterocycles. The van der Waals surface area contributed by atoms with E-state index in [0.717, 1.165) is 21.5 Å². The van der Waals surface area contributed by atoms with Crippen LogP contribution < -0.4 is 10.6 Å². The molecule has 1 amide bonds. The fourth-order valence-corrected chi connectivity index (χ4v) is 5.17. The lowest BCUT2D eigenvalue weighted by atomic mass is 9.96. The minimum Gasteiger partial charge on any atom is -0.348 e. The summed E-state index contributed by atoms with van der Waals surface area (Å²) in [5, 5.41) is 6.66. The fourth-order valence-electron chi connectivity index (χ4n) is 2.91. The molecule has 6 nitrogen and oxygen atoms in total. The number of amides is 1. The molecule has 0 unspecified atom stereocenters. The van der Waals surface area contributed by atoms with Crippen LogP contribution in [0.2, 0.25) is 0 Å². The summed E-state index contributed by atoms with van der Waals surface area (Å²) in [6.07, 6.45) is 1.75. The first kappa shape index (κ1) is 16.4. The van der Waals surface area contributed by atoms with Crippen LogP contribution in [-0.4, -0.2) is 43.4 Å². The average molecular weight is 353 g/mol. The van der Waals surface area contributed by atoms with E-state index >= 15 is 0 Å². The Bertz CT molecular complexity index is 790. The molecule has 0 atom stereocenters. The van der Waals surface area contributed by atoms with Gasteiger partial charge < -0.3 is 10.6 Å². The number of carbonyl (C=O) groups is 1. The molecule has 0 spiro atoms. The lowest BCUT2D eigenvalue weighted by Crippen LogP contribution is -2.57. The minimum atomic E-state index is -3.48. The van der Waals surface area contributed by atoms with Gasteiger partial charge in [-0.15, -0.1) is 11.3 Å². The number of aromatic nitrogens is 1. The Kier molecular flexibility index (Phi) is 4.39. The van der Waals surface area contributed by atoms with Crippen molar-refractivity contribution in [3.63, 3.8) is 0 Å². The maximum atomic E-state index is 12.6. The van der Waals surface area contributed by atoms with Gasteiger partial charge in [0.1, 0.15) is 5.01 Å². The zero-order valence-electron chi connectivity index (χ0n) is 12.8. The molecule has 3 rings (SSSR count). The van der Waals surface area contributed by atoms with Gasteiger partial charge in [-0.2, -0.15) is 0 Å². The summed E-state index contributed by atoms with van der Waals surface area (Å²) in [7, 11) is -3.48. The van der Waals surface area contributed by atoms with Gasteiger partial charge in [-0.1, -0.05) is 12.1 Å². The molecule has 0 radical (unpaired) electrons. The van der Waals surface area contributed by atoms with E-state index in [2.05, 4.69) is 15.6 Å². The van der Waals surface area contributed by atoms with Gasteiger partial charge in [0.15, 0.2) is 14.6 Å². The molecule has 2 N–H and O–H groups in total. The van der Waals surface area contributed by atoms with Crippen molar-refractivity contribution in [2.24, 2.45) is 0 Å². The Morgan fingerprint density at radius 3 is 2.70 bits per heavy atom. The average Bonchev–Trinajstić information content (AvgIpc) is 2.95. The Hall–Kier alpha value is -1.51. The number of fused-ring (bicyclic) bond motifs is 1. The van der Waals surface area contributed by atoms with E-state index < -0.39 is 20.5 Å². The molecule has 8 heteroatoms. The van der Waals surface area contributed by atoms with Crippen molar-refractivity contribution in [2.45, 2.75) is 24.1 Å². The zero-order chi connectivity index (χ0) is 16.5. The molecule has 2 aromatic rings. The van der Waals surface area contributed by atoms with Crippen molar-refractivity contribution >= 4 is 37.3 Å². The molecule has 1 fully saturated rings. The maximum absolute atomic E-state index is 12.6. The number of para-hydroxylation sites is 1. The summed E-state index contributed by atoms with van der Waals surface area (Å²) >= 11 is 1.50. The lowest BCUT2D eigenvalue weighted by molar-refractivity contribution is -0.124. The van der Waals surface area contributed by atoms with Crippen molar-refractivity contribution < 1.29 is 13.2 Å². The number of thiazole rings is 1. The van der Waals surface area contributed by atoms with Crippen LogP contribution in [0.5, 0.6) is 0 Å². The fraction of sp³-hybridized carbons (Fsp3) is 0.467. The van der Waals surface area contributed by atoms with Crippen LogP contribution in [0.4, 0.5) is 0 Å². The Morgan fingerprint density at radius 2 is 2.04 bits per heavy atom. The Morgan fingerprint density at radius 1 is 1.35 bits per heavy atom. The van der Waals surface area contributed by atoms with Crippen LogP contribution in [0.1, 0.15) is 17.8 Å². The molecular formula is C15H19N3O3S2. The monoisotopic (exact) mass is 353 g/mol. The molecule has 124 valence electrons. The van der Waals surface area contributed by atoms with Crippen LogP contribution >= 0.6 is 11.3 Å².